The highest BCUT2D eigenvalue weighted by molar-refractivity contribution is 5.87. The van der Waals surface area contributed by atoms with E-state index in [2.05, 4.69) is 19.9 Å². The van der Waals surface area contributed by atoms with Gasteiger partial charge in [0.05, 0.1) is 18.0 Å². The number of rotatable bonds is 2. The normalized spacial score (nSPS) is 30.5. The smallest absolute Gasteiger partial charge is 0.142 e. The van der Waals surface area contributed by atoms with Crippen LogP contribution in [0.4, 0.5) is 5.82 Å². The molecule has 2 N–H and O–H groups in total. The van der Waals surface area contributed by atoms with Crippen molar-refractivity contribution in [3.8, 4) is 0 Å². The molecule has 94 valence electrons. The predicted octanol–water partition coefficient (Wildman–Crippen LogP) is 1.31. The molecule has 0 amide bonds. The lowest BCUT2D eigenvalue weighted by molar-refractivity contribution is 0.228. The van der Waals surface area contributed by atoms with Gasteiger partial charge in [-0.15, -0.1) is 0 Å². The summed E-state index contributed by atoms with van der Waals surface area (Å²) in [6.07, 6.45) is 7.16. The van der Waals surface area contributed by atoms with Gasteiger partial charge in [0.25, 0.3) is 0 Å². The Labute approximate surface area is 105 Å². The Kier molecular flexibility index (Phi) is 2.11. The molecule has 1 aliphatic heterocycles. The third-order valence-corrected chi connectivity index (χ3v) is 4.50. The fourth-order valence-electron chi connectivity index (χ4n) is 3.72. The zero-order chi connectivity index (χ0) is 12.1. The second kappa shape index (κ2) is 3.68. The van der Waals surface area contributed by atoms with E-state index in [1.807, 2.05) is 12.3 Å². The quantitative estimate of drug-likeness (QED) is 0.836. The van der Waals surface area contributed by atoms with Crippen LogP contribution in [0.2, 0.25) is 0 Å². The summed E-state index contributed by atoms with van der Waals surface area (Å²) < 4.78 is 0. The number of nitrogens with one attached hydrogen (secondary N) is 1. The zero-order valence-electron chi connectivity index (χ0n) is 10.1. The summed E-state index contributed by atoms with van der Waals surface area (Å²) in [6, 6.07) is 2.79. The van der Waals surface area contributed by atoms with E-state index in [9.17, 15) is 5.11 Å². The molecule has 4 rings (SSSR count). The van der Waals surface area contributed by atoms with Gasteiger partial charge in [-0.05, 0) is 31.2 Å². The van der Waals surface area contributed by atoms with Crippen molar-refractivity contribution in [2.24, 2.45) is 5.92 Å². The minimum absolute atomic E-state index is 0.219. The molecular formula is C13H16N4O. The molecule has 5 heteroatoms. The van der Waals surface area contributed by atoms with Crippen molar-refractivity contribution in [3.05, 3.63) is 18.6 Å². The van der Waals surface area contributed by atoms with E-state index >= 15 is 0 Å². The Bertz CT molecular complexity index is 581. The number of fused-ring (bicyclic) bond motifs is 3. The van der Waals surface area contributed by atoms with Crippen molar-refractivity contribution >= 4 is 16.9 Å². The molecule has 5 nitrogen and oxygen atoms in total. The van der Waals surface area contributed by atoms with Crippen molar-refractivity contribution in [3.63, 3.8) is 0 Å². The van der Waals surface area contributed by atoms with Crippen molar-refractivity contribution in [2.75, 3.05) is 11.5 Å². The van der Waals surface area contributed by atoms with Gasteiger partial charge in [0.15, 0.2) is 0 Å². The lowest BCUT2D eigenvalue weighted by Crippen LogP contribution is -2.43. The third-order valence-electron chi connectivity index (χ3n) is 4.50. The van der Waals surface area contributed by atoms with Crippen LogP contribution in [-0.2, 0) is 0 Å². The van der Waals surface area contributed by atoms with Gasteiger partial charge in [0.1, 0.15) is 17.8 Å². The van der Waals surface area contributed by atoms with E-state index in [0.717, 1.165) is 16.9 Å². The molecule has 3 atom stereocenters. The standard InChI is InChI=1S/C13H16N4O/c18-6-11-8-1-2-9(5-8)17(11)13-10-3-4-14-12(10)15-7-16-13/h3-4,7-9,11,18H,1-2,5-6H2,(H,14,15,16). The summed E-state index contributed by atoms with van der Waals surface area (Å²) in [4.78, 5) is 14.1. The molecule has 2 aliphatic rings. The first kappa shape index (κ1) is 10.3. The summed E-state index contributed by atoms with van der Waals surface area (Å²) >= 11 is 0. The first-order valence-corrected chi connectivity index (χ1v) is 6.56. The van der Waals surface area contributed by atoms with Gasteiger partial charge in [-0.3, -0.25) is 0 Å². The number of aromatic nitrogens is 3. The molecule has 2 bridgehead atoms. The maximum atomic E-state index is 9.65. The molecule has 1 saturated carbocycles. The van der Waals surface area contributed by atoms with E-state index in [1.54, 1.807) is 6.33 Å². The highest BCUT2D eigenvalue weighted by Gasteiger charge is 2.46. The highest BCUT2D eigenvalue weighted by Crippen LogP contribution is 2.45. The van der Waals surface area contributed by atoms with E-state index in [-0.39, 0.29) is 12.6 Å². The van der Waals surface area contributed by atoms with Gasteiger partial charge in [-0.25, -0.2) is 9.97 Å². The number of aliphatic hydroxyl groups excluding tert-OH is 1. The van der Waals surface area contributed by atoms with Crippen LogP contribution in [0.15, 0.2) is 18.6 Å². The number of anilines is 1. The molecule has 18 heavy (non-hydrogen) atoms. The monoisotopic (exact) mass is 244 g/mol. The number of aromatic amines is 1. The summed E-state index contributed by atoms with van der Waals surface area (Å²) in [5.41, 5.74) is 0.875. The number of hydrogen-bond donors (Lipinski definition) is 2. The number of nitrogens with zero attached hydrogens (tertiary/aromatic N) is 3. The molecule has 0 radical (unpaired) electrons. The molecule has 2 aromatic heterocycles. The number of hydrogen-bond acceptors (Lipinski definition) is 4. The van der Waals surface area contributed by atoms with Crippen LogP contribution < -0.4 is 4.90 Å². The van der Waals surface area contributed by atoms with Crippen LogP contribution >= 0.6 is 0 Å². The molecule has 1 saturated heterocycles. The van der Waals surface area contributed by atoms with Gasteiger partial charge in [0.2, 0.25) is 0 Å². The first-order valence-electron chi connectivity index (χ1n) is 6.56. The Morgan fingerprint density at radius 2 is 2.33 bits per heavy atom. The predicted molar refractivity (Wildman–Crippen MR) is 68.4 cm³/mol. The number of H-pyrrole nitrogens is 1. The Hall–Kier alpha value is -1.62. The van der Waals surface area contributed by atoms with Crippen LogP contribution in [0.5, 0.6) is 0 Å². The molecule has 3 unspecified atom stereocenters. The SMILES string of the molecule is OCC1C2CCC(C2)N1c1ncnc2[nH]ccc12. The molecule has 2 aromatic rings. The van der Waals surface area contributed by atoms with E-state index in [1.165, 1.54) is 19.3 Å². The number of piperidine rings is 1. The minimum Gasteiger partial charge on any atom is -0.394 e. The van der Waals surface area contributed by atoms with E-state index < -0.39 is 0 Å². The van der Waals surface area contributed by atoms with Crippen molar-refractivity contribution in [1.29, 1.82) is 0 Å². The summed E-state index contributed by atoms with van der Waals surface area (Å²) in [5, 5.41) is 10.7. The molecule has 3 heterocycles. The molecule has 1 aliphatic carbocycles. The van der Waals surface area contributed by atoms with Gasteiger partial charge < -0.3 is 15.0 Å². The lowest BCUT2D eigenvalue weighted by atomic mass is 9.99. The van der Waals surface area contributed by atoms with Crippen LogP contribution in [0.25, 0.3) is 11.0 Å². The summed E-state index contributed by atoms with van der Waals surface area (Å²) in [6.45, 7) is 0.219. The van der Waals surface area contributed by atoms with Crippen molar-refractivity contribution < 1.29 is 5.11 Å². The van der Waals surface area contributed by atoms with Crippen LogP contribution in [0.3, 0.4) is 0 Å². The average molecular weight is 244 g/mol. The van der Waals surface area contributed by atoms with Gasteiger partial charge >= 0.3 is 0 Å². The zero-order valence-corrected chi connectivity index (χ0v) is 10.1. The van der Waals surface area contributed by atoms with Crippen LogP contribution in [0, 0.1) is 5.92 Å². The van der Waals surface area contributed by atoms with Crippen LogP contribution in [-0.4, -0.2) is 38.7 Å². The van der Waals surface area contributed by atoms with Gasteiger partial charge in [-0.2, -0.15) is 0 Å². The van der Waals surface area contributed by atoms with Crippen molar-refractivity contribution in [1.82, 2.24) is 15.0 Å². The van der Waals surface area contributed by atoms with Crippen molar-refractivity contribution in [2.45, 2.75) is 31.3 Å². The molecular weight excluding hydrogens is 228 g/mol. The Morgan fingerprint density at radius 1 is 1.39 bits per heavy atom. The number of aliphatic hydroxyl groups is 1. The van der Waals surface area contributed by atoms with E-state index in [4.69, 9.17) is 0 Å². The molecule has 0 aromatic carbocycles. The second-order valence-electron chi connectivity index (χ2n) is 5.32. The maximum absolute atomic E-state index is 9.65. The summed E-state index contributed by atoms with van der Waals surface area (Å²) in [7, 11) is 0. The molecule has 0 spiro atoms. The van der Waals surface area contributed by atoms with Crippen LogP contribution in [0.1, 0.15) is 19.3 Å². The fourth-order valence-corrected chi connectivity index (χ4v) is 3.72. The largest absolute Gasteiger partial charge is 0.394 e. The maximum Gasteiger partial charge on any atom is 0.142 e. The topological polar surface area (TPSA) is 65.0 Å². The minimum atomic E-state index is 0.219. The van der Waals surface area contributed by atoms with Gasteiger partial charge in [-0.1, -0.05) is 0 Å². The fraction of sp³-hybridized carbons (Fsp3) is 0.538. The second-order valence-corrected chi connectivity index (χ2v) is 5.32. The Balaban J connectivity index is 1.84. The average Bonchev–Trinajstić information content (AvgIpc) is 3.11. The van der Waals surface area contributed by atoms with Gasteiger partial charge in [0, 0.05) is 12.2 Å². The highest BCUT2D eigenvalue weighted by atomic mass is 16.3. The third kappa shape index (κ3) is 1.25. The Morgan fingerprint density at radius 3 is 3.22 bits per heavy atom. The van der Waals surface area contributed by atoms with E-state index in [0.29, 0.717) is 12.0 Å². The summed E-state index contributed by atoms with van der Waals surface area (Å²) in [5.74, 6) is 1.61. The first-order chi connectivity index (χ1) is 8.88. The lowest BCUT2D eigenvalue weighted by Gasteiger charge is -2.35. The molecule has 2 fully saturated rings.